The van der Waals surface area contributed by atoms with E-state index in [1.54, 1.807) is 0 Å². The van der Waals surface area contributed by atoms with Crippen molar-refractivity contribution in [2.24, 2.45) is 0 Å². The molecule has 2 aliphatic carbocycles. The van der Waals surface area contributed by atoms with Gasteiger partial charge in [-0.3, -0.25) is 0 Å². The molecule has 0 aromatic heterocycles. The van der Waals surface area contributed by atoms with Crippen molar-refractivity contribution in [2.75, 3.05) is 9.80 Å². The van der Waals surface area contributed by atoms with Crippen LogP contribution in [0.4, 0.5) is 34.1 Å². The lowest BCUT2D eigenvalue weighted by molar-refractivity contribution is 0.809. The monoisotopic (exact) mass is 1120 g/mol. The lowest BCUT2D eigenvalue weighted by atomic mass is 9.68. The van der Waals surface area contributed by atoms with Crippen molar-refractivity contribution >= 4 is 72.0 Å². The van der Waals surface area contributed by atoms with Gasteiger partial charge in [-0.15, -0.1) is 0 Å². The Morgan fingerprint density at radius 2 is 0.841 bits per heavy atom. The first-order chi connectivity index (χ1) is 43.6. The molecule has 0 amide bonds. The topological polar surface area (TPSA) is 6.48 Å². The van der Waals surface area contributed by atoms with Crippen LogP contribution >= 0.6 is 0 Å². The maximum Gasteiger partial charge on any atom is 0.0737 e. The number of rotatable bonds is 12. The lowest BCUT2D eigenvalue weighted by Gasteiger charge is -2.33. The van der Waals surface area contributed by atoms with Gasteiger partial charge in [0.2, 0.25) is 0 Å². The van der Waals surface area contributed by atoms with Gasteiger partial charge in [0.25, 0.3) is 0 Å². The zero-order chi connectivity index (χ0) is 58.7. The third kappa shape index (κ3) is 8.32. The molecule has 2 aliphatic rings. The summed E-state index contributed by atoms with van der Waals surface area (Å²) in [5.74, 6) is 0. The molecule has 2 nitrogen and oxygen atoms in total. The lowest BCUT2D eigenvalue weighted by Crippen LogP contribution is -2.26. The first kappa shape index (κ1) is 52.3. The summed E-state index contributed by atoms with van der Waals surface area (Å²) >= 11 is 0. The number of benzene rings is 14. The van der Waals surface area contributed by atoms with E-state index in [9.17, 15) is 0 Å². The van der Waals surface area contributed by atoms with E-state index in [2.05, 4.69) is 344 Å². The van der Waals surface area contributed by atoms with Crippen molar-refractivity contribution in [2.45, 2.75) is 12.3 Å². The van der Waals surface area contributed by atoms with Gasteiger partial charge in [0, 0.05) is 33.9 Å². The molecular weight excluding hydrogens is 1060 g/mol. The fourth-order valence-electron chi connectivity index (χ4n) is 14.6. The maximum absolute atomic E-state index is 4.27. The van der Waals surface area contributed by atoms with Gasteiger partial charge in [-0.1, -0.05) is 280 Å². The van der Waals surface area contributed by atoms with Gasteiger partial charge < -0.3 is 9.80 Å². The highest BCUT2D eigenvalue weighted by molar-refractivity contribution is 6.22. The van der Waals surface area contributed by atoms with E-state index in [1.165, 1.54) is 82.4 Å². The van der Waals surface area contributed by atoms with Gasteiger partial charge in [-0.05, 0) is 178 Å². The number of para-hydroxylation sites is 2. The number of hydrogen-bond acceptors (Lipinski definition) is 2. The van der Waals surface area contributed by atoms with Gasteiger partial charge >= 0.3 is 0 Å². The minimum Gasteiger partial charge on any atom is -0.310 e. The Balaban J connectivity index is 0.959. The summed E-state index contributed by atoms with van der Waals surface area (Å²) < 4.78 is 0. The summed E-state index contributed by atoms with van der Waals surface area (Å²) in [4.78, 5) is 4.92. The van der Waals surface area contributed by atoms with E-state index >= 15 is 0 Å². The van der Waals surface area contributed by atoms with Crippen molar-refractivity contribution in [1.29, 1.82) is 0 Å². The van der Waals surface area contributed by atoms with Gasteiger partial charge in [0.15, 0.2) is 0 Å². The standard InChI is InChI=1S/C86H60N2/c1-3-5-27-58(4-2)62-44-49-69(60-30-13-7-14-31-60)81(55-62)87(65-34-17-9-18-35-65)67-47-52-71-64(54-67)46-51-77-83-75-41-22-21-38-72(75)78-57-68(48-53-76(78)85(83)86(84(71)77)79-42-25-23-39-73(79)74-40-24-26-43-80(74)86)88(66-36-19-10-20-37-66)82-56-63(59-28-11-6-12-29-59)45-50-70(82)61-32-15-8-16-33-61/h3-57H,2H2,1H3/b5-3-,58-27+. The van der Waals surface area contributed by atoms with Crippen LogP contribution in [0.1, 0.15) is 34.7 Å². The second kappa shape index (κ2) is 21.6. The van der Waals surface area contributed by atoms with E-state index in [0.717, 1.165) is 73.1 Å². The van der Waals surface area contributed by atoms with Gasteiger partial charge in [-0.2, -0.15) is 0 Å². The van der Waals surface area contributed by atoms with Crippen LogP contribution in [0.2, 0.25) is 0 Å². The molecule has 0 saturated carbocycles. The summed E-state index contributed by atoms with van der Waals surface area (Å²) in [5, 5.41) is 7.32. The molecule has 0 aliphatic heterocycles. The molecule has 14 aromatic rings. The molecule has 1 spiro atoms. The molecule has 0 bridgehead atoms. The summed E-state index contributed by atoms with van der Waals surface area (Å²) in [7, 11) is 0. The molecule has 0 atom stereocenters. The first-order valence-corrected chi connectivity index (χ1v) is 30.5. The fourth-order valence-corrected chi connectivity index (χ4v) is 14.6. The summed E-state index contributed by atoms with van der Waals surface area (Å²) in [6.07, 6.45) is 8.24. The Bertz CT molecular complexity index is 5050. The van der Waals surface area contributed by atoms with Gasteiger partial charge in [0.05, 0.1) is 16.8 Å². The maximum atomic E-state index is 4.27. The molecule has 0 N–H and O–H groups in total. The molecule has 14 aromatic carbocycles. The number of hydrogen-bond donors (Lipinski definition) is 0. The van der Waals surface area contributed by atoms with Gasteiger partial charge in [0.1, 0.15) is 0 Å². The van der Waals surface area contributed by atoms with Crippen LogP contribution < -0.4 is 9.80 Å². The number of nitrogens with zero attached hydrogens (tertiary/aromatic N) is 2. The van der Waals surface area contributed by atoms with Gasteiger partial charge in [-0.25, -0.2) is 0 Å². The van der Waals surface area contributed by atoms with Crippen molar-refractivity contribution in [3.8, 4) is 55.6 Å². The average molecular weight is 1120 g/mol. The summed E-state index contributed by atoms with van der Waals surface area (Å²) in [6, 6.07) is 115. The van der Waals surface area contributed by atoms with Crippen LogP contribution in [0.3, 0.4) is 0 Å². The summed E-state index contributed by atoms with van der Waals surface area (Å²) in [6.45, 7) is 6.32. The molecule has 0 saturated heterocycles. The second-order valence-electron chi connectivity index (χ2n) is 23.0. The minimum absolute atomic E-state index is 0.680. The Morgan fingerprint density at radius 1 is 0.341 bits per heavy atom. The molecule has 2 heteroatoms. The van der Waals surface area contributed by atoms with Crippen LogP contribution in [0, 0.1) is 0 Å². The third-order valence-electron chi connectivity index (χ3n) is 18.3. The van der Waals surface area contributed by atoms with E-state index in [1.807, 2.05) is 13.0 Å². The van der Waals surface area contributed by atoms with Crippen LogP contribution in [0.5, 0.6) is 0 Å². The number of anilines is 6. The highest BCUT2D eigenvalue weighted by Gasteiger charge is 2.54. The predicted molar refractivity (Wildman–Crippen MR) is 374 cm³/mol. The molecule has 414 valence electrons. The molecule has 16 rings (SSSR count). The average Bonchev–Trinajstić information content (AvgIpc) is 1.49. The Morgan fingerprint density at radius 3 is 1.44 bits per heavy atom. The molecular formula is C86H60N2. The smallest absolute Gasteiger partial charge is 0.0737 e. The Hall–Kier alpha value is -11.3. The van der Waals surface area contributed by atoms with Crippen LogP contribution in [-0.4, -0.2) is 0 Å². The predicted octanol–water partition coefficient (Wildman–Crippen LogP) is 23.6. The highest BCUT2D eigenvalue weighted by Crippen LogP contribution is 2.67. The number of fused-ring (bicyclic) bond motifs is 17. The zero-order valence-corrected chi connectivity index (χ0v) is 48.9. The van der Waals surface area contributed by atoms with Crippen LogP contribution in [0.25, 0.3) is 93.5 Å². The fraction of sp³-hybridized carbons (Fsp3) is 0.0233. The van der Waals surface area contributed by atoms with Crippen LogP contribution in [0.15, 0.2) is 340 Å². The Labute approximate surface area is 514 Å². The molecule has 0 fully saturated rings. The normalized spacial score (nSPS) is 12.8. The Kier molecular flexibility index (Phi) is 12.8. The van der Waals surface area contributed by atoms with Crippen molar-refractivity contribution in [3.63, 3.8) is 0 Å². The first-order valence-electron chi connectivity index (χ1n) is 30.5. The van der Waals surface area contributed by atoms with E-state index in [-0.39, 0.29) is 0 Å². The third-order valence-corrected chi connectivity index (χ3v) is 18.3. The van der Waals surface area contributed by atoms with Crippen molar-refractivity contribution < 1.29 is 0 Å². The van der Waals surface area contributed by atoms with E-state index in [4.69, 9.17) is 0 Å². The van der Waals surface area contributed by atoms with Crippen LogP contribution in [-0.2, 0) is 5.41 Å². The minimum atomic E-state index is -0.680. The molecule has 88 heavy (non-hydrogen) atoms. The largest absolute Gasteiger partial charge is 0.310 e. The van der Waals surface area contributed by atoms with Crippen molar-refractivity contribution in [1.82, 2.24) is 0 Å². The molecule has 0 radical (unpaired) electrons. The SMILES string of the molecule is C=C/C(=C\C=C/C)c1ccc(-c2ccccc2)c(N(c2ccccc2)c2ccc3c4c(ccc3c2)-c2c(c3ccc(N(c5ccccc5)c5cc(-c6ccccc6)ccc5-c5ccccc5)cc3c3ccccc23)C42c3ccccc3-c3ccccc32)c1. The number of allylic oxidation sites excluding steroid dienone is 5. The quantitative estimate of drug-likeness (QED) is 0.0889. The van der Waals surface area contributed by atoms with Crippen molar-refractivity contribution in [3.05, 3.63) is 368 Å². The summed E-state index contributed by atoms with van der Waals surface area (Å²) in [5.41, 5.74) is 25.3. The van der Waals surface area contributed by atoms with E-state index < -0.39 is 5.41 Å². The molecule has 0 heterocycles. The van der Waals surface area contributed by atoms with E-state index in [0.29, 0.717) is 0 Å². The zero-order valence-electron chi connectivity index (χ0n) is 48.9. The second-order valence-corrected chi connectivity index (χ2v) is 23.0. The highest BCUT2D eigenvalue weighted by atomic mass is 15.2. The molecule has 0 unspecified atom stereocenters.